The monoisotopic (exact) mass is 383 g/mol. The molecule has 0 radical (unpaired) electrons. The number of nitrogen functional groups attached to an aromatic ring is 1. The van der Waals surface area contributed by atoms with Crippen molar-refractivity contribution < 1.29 is 9.47 Å². The van der Waals surface area contributed by atoms with Crippen LogP contribution in [0.2, 0.25) is 0 Å². The van der Waals surface area contributed by atoms with Gasteiger partial charge in [-0.2, -0.15) is 4.98 Å². The molecule has 148 valence electrons. The van der Waals surface area contributed by atoms with Crippen molar-refractivity contribution in [2.24, 2.45) is 5.73 Å². The van der Waals surface area contributed by atoms with E-state index in [0.29, 0.717) is 28.9 Å². The SMILES string of the molecule is COc1cc(Nc2nc3c(N)nc(C4CCCCC4N)cn3n2)cc(OC)c1. The predicted molar refractivity (Wildman–Crippen MR) is 107 cm³/mol. The molecule has 2 unspecified atom stereocenters. The van der Waals surface area contributed by atoms with Gasteiger partial charge in [0.2, 0.25) is 5.95 Å². The van der Waals surface area contributed by atoms with E-state index in [4.69, 9.17) is 20.9 Å². The third kappa shape index (κ3) is 3.53. The average molecular weight is 383 g/mol. The Morgan fingerprint density at radius 2 is 1.79 bits per heavy atom. The van der Waals surface area contributed by atoms with Crippen molar-refractivity contribution in [2.45, 2.75) is 37.6 Å². The molecule has 4 rings (SSSR count). The van der Waals surface area contributed by atoms with Gasteiger partial charge in [-0.15, -0.1) is 5.10 Å². The van der Waals surface area contributed by atoms with Crippen molar-refractivity contribution in [3.05, 3.63) is 30.1 Å². The molecule has 0 saturated heterocycles. The first kappa shape index (κ1) is 18.3. The molecule has 1 aromatic carbocycles. The van der Waals surface area contributed by atoms with Crippen LogP contribution in [0.3, 0.4) is 0 Å². The summed E-state index contributed by atoms with van der Waals surface area (Å²) in [5, 5.41) is 7.68. The Morgan fingerprint density at radius 3 is 2.46 bits per heavy atom. The fraction of sp³-hybridized carbons (Fsp3) is 0.421. The van der Waals surface area contributed by atoms with Crippen molar-refractivity contribution in [3.8, 4) is 11.5 Å². The van der Waals surface area contributed by atoms with E-state index in [1.807, 2.05) is 18.3 Å². The number of benzene rings is 1. The Hall–Kier alpha value is -3.07. The number of nitrogens with zero attached hydrogens (tertiary/aromatic N) is 4. The summed E-state index contributed by atoms with van der Waals surface area (Å²) in [4.78, 5) is 9.02. The second kappa shape index (κ2) is 7.51. The molecule has 0 amide bonds. The summed E-state index contributed by atoms with van der Waals surface area (Å²) in [6, 6.07) is 5.57. The van der Waals surface area contributed by atoms with E-state index in [-0.39, 0.29) is 12.0 Å². The largest absolute Gasteiger partial charge is 0.497 e. The standard InChI is InChI=1S/C19H25N7O2/c1-27-12-7-11(8-13(9-12)28-2)22-19-24-18-17(21)23-16(10-26(18)25-19)14-5-3-4-6-15(14)20/h7-10,14-15H,3-6,20H2,1-2H3,(H2,21,23)(H,22,25). The first-order valence-corrected chi connectivity index (χ1v) is 9.36. The van der Waals surface area contributed by atoms with Gasteiger partial charge in [-0.3, -0.25) is 0 Å². The van der Waals surface area contributed by atoms with Crippen LogP contribution >= 0.6 is 0 Å². The molecule has 2 heterocycles. The van der Waals surface area contributed by atoms with Crippen LogP contribution < -0.4 is 26.3 Å². The van der Waals surface area contributed by atoms with Crippen LogP contribution in [0.25, 0.3) is 5.65 Å². The van der Waals surface area contributed by atoms with Gasteiger partial charge >= 0.3 is 0 Å². The summed E-state index contributed by atoms with van der Waals surface area (Å²) < 4.78 is 12.3. The summed E-state index contributed by atoms with van der Waals surface area (Å²) in [7, 11) is 3.21. The number of hydrogen-bond donors (Lipinski definition) is 3. The summed E-state index contributed by atoms with van der Waals surface area (Å²) in [5.74, 6) is 2.29. The second-order valence-corrected chi connectivity index (χ2v) is 7.04. The topological polar surface area (TPSA) is 126 Å². The zero-order chi connectivity index (χ0) is 19.7. The fourth-order valence-corrected chi connectivity index (χ4v) is 3.70. The van der Waals surface area contributed by atoms with E-state index >= 15 is 0 Å². The lowest BCUT2D eigenvalue weighted by atomic mass is 9.83. The van der Waals surface area contributed by atoms with Crippen LogP contribution in [0.5, 0.6) is 11.5 Å². The van der Waals surface area contributed by atoms with Crippen LogP contribution in [-0.2, 0) is 0 Å². The third-order valence-electron chi connectivity index (χ3n) is 5.17. The van der Waals surface area contributed by atoms with Gasteiger partial charge < -0.3 is 26.3 Å². The van der Waals surface area contributed by atoms with E-state index < -0.39 is 0 Å². The highest BCUT2D eigenvalue weighted by Crippen LogP contribution is 2.32. The lowest BCUT2D eigenvalue weighted by Gasteiger charge is -2.27. The molecule has 5 N–H and O–H groups in total. The number of nitrogens with one attached hydrogen (secondary N) is 1. The Kier molecular flexibility index (Phi) is 4.91. The first-order valence-electron chi connectivity index (χ1n) is 9.36. The number of hydrogen-bond acceptors (Lipinski definition) is 8. The maximum absolute atomic E-state index is 6.31. The number of anilines is 3. The predicted octanol–water partition coefficient (Wildman–Crippen LogP) is 2.45. The minimum atomic E-state index is 0.100. The molecule has 1 saturated carbocycles. The molecule has 0 spiro atoms. The summed E-state index contributed by atoms with van der Waals surface area (Å²) in [6.45, 7) is 0. The highest BCUT2D eigenvalue weighted by Gasteiger charge is 2.26. The molecule has 2 atom stereocenters. The van der Waals surface area contributed by atoms with Crippen LogP contribution in [0.15, 0.2) is 24.4 Å². The van der Waals surface area contributed by atoms with Gasteiger partial charge in [0.1, 0.15) is 11.5 Å². The van der Waals surface area contributed by atoms with Gasteiger partial charge in [-0.05, 0) is 12.8 Å². The van der Waals surface area contributed by atoms with E-state index in [1.165, 1.54) is 0 Å². The molecule has 2 aromatic heterocycles. The number of fused-ring (bicyclic) bond motifs is 1. The minimum absolute atomic E-state index is 0.100. The Labute approximate surface area is 163 Å². The normalized spacial score (nSPS) is 19.5. The smallest absolute Gasteiger partial charge is 0.247 e. The van der Waals surface area contributed by atoms with Crippen LogP contribution in [0.1, 0.15) is 37.3 Å². The van der Waals surface area contributed by atoms with Crippen molar-refractivity contribution in [2.75, 3.05) is 25.3 Å². The van der Waals surface area contributed by atoms with E-state index in [0.717, 1.165) is 37.1 Å². The number of rotatable bonds is 5. The van der Waals surface area contributed by atoms with Gasteiger partial charge in [-0.25, -0.2) is 9.50 Å². The molecule has 28 heavy (non-hydrogen) atoms. The van der Waals surface area contributed by atoms with E-state index in [2.05, 4.69) is 20.4 Å². The highest BCUT2D eigenvalue weighted by atomic mass is 16.5. The zero-order valence-corrected chi connectivity index (χ0v) is 16.1. The number of methoxy groups -OCH3 is 2. The zero-order valence-electron chi connectivity index (χ0n) is 16.1. The van der Waals surface area contributed by atoms with Crippen molar-refractivity contribution in [1.82, 2.24) is 19.6 Å². The average Bonchev–Trinajstić information content (AvgIpc) is 3.11. The van der Waals surface area contributed by atoms with E-state index in [9.17, 15) is 0 Å². The van der Waals surface area contributed by atoms with Crippen LogP contribution in [0, 0.1) is 0 Å². The third-order valence-corrected chi connectivity index (χ3v) is 5.17. The maximum Gasteiger partial charge on any atom is 0.247 e. The maximum atomic E-state index is 6.31. The van der Waals surface area contributed by atoms with Crippen LogP contribution in [0.4, 0.5) is 17.5 Å². The Morgan fingerprint density at radius 1 is 1.07 bits per heavy atom. The Balaban J connectivity index is 1.65. The Bertz CT molecular complexity index is 966. The molecular formula is C19H25N7O2. The molecule has 3 aromatic rings. The molecule has 9 nitrogen and oxygen atoms in total. The number of nitrogens with two attached hydrogens (primary N) is 2. The molecule has 1 fully saturated rings. The van der Waals surface area contributed by atoms with Gasteiger partial charge in [0, 0.05) is 35.8 Å². The summed E-state index contributed by atoms with van der Waals surface area (Å²) in [6.07, 6.45) is 6.22. The van der Waals surface area contributed by atoms with E-state index in [1.54, 1.807) is 24.8 Å². The molecule has 1 aliphatic carbocycles. The number of aromatic nitrogens is 4. The van der Waals surface area contributed by atoms with Crippen molar-refractivity contribution in [3.63, 3.8) is 0 Å². The van der Waals surface area contributed by atoms with Gasteiger partial charge in [-0.1, -0.05) is 12.8 Å². The lowest BCUT2D eigenvalue weighted by molar-refractivity contribution is 0.379. The van der Waals surface area contributed by atoms with Crippen molar-refractivity contribution >= 4 is 23.1 Å². The van der Waals surface area contributed by atoms with Crippen LogP contribution in [-0.4, -0.2) is 39.8 Å². The number of ether oxygens (including phenoxy) is 2. The molecule has 9 heteroatoms. The quantitative estimate of drug-likeness (QED) is 0.613. The molecule has 0 bridgehead atoms. The lowest BCUT2D eigenvalue weighted by Crippen LogP contribution is -2.32. The highest BCUT2D eigenvalue weighted by molar-refractivity contribution is 5.65. The van der Waals surface area contributed by atoms with Gasteiger partial charge in [0.15, 0.2) is 11.5 Å². The molecular weight excluding hydrogens is 358 g/mol. The van der Waals surface area contributed by atoms with Gasteiger partial charge in [0.05, 0.1) is 26.1 Å². The fourth-order valence-electron chi connectivity index (χ4n) is 3.70. The summed E-state index contributed by atoms with van der Waals surface area (Å²) in [5.41, 5.74) is 14.6. The van der Waals surface area contributed by atoms with Crippen molar-refractivity contribution in [1.29, 1.82) is 0 Å². The van der Waals surface area contributed by atoms with Gasteiger partial charge in [0.25, 0.3) is 0 Å². The molecule has 0 aliphatic heterocycles. The first-order chi connectivity index (χ1) is 13.6. The molecule has 1 aliphatic rings. The summed E-state index contributed by atoms with van der Waals surface area (Å²) >= 11 is 0. The minimum Gasteiger partial charge on any atom is -0.497 e. The second-order valence-electron chi connectivity index (χ2n) is 7.04.